The lowest BCUT2D eigenvalue weighted by Gasteiger charge is -2.19. The summed E-state index contributed by atoms with van der Waals surface area (Å²) in [7, 11) is 1.93. The van der Waals surface area contributed by atoms with Crippen molar-refractivity contribution in [1.82, 2.24) is 25.3 Å². The van der Waals surface area contributed by atoms with Crippen LogP contribution in [-0.4, -0.2) is 46.3 Å². The summed E-state index contributed by atoms with van der Waals surface area (Å²) in [4.78, 5) is 6.99. The molecule has 10 heteroatoms. The van der Waals surface area contributed by atoms with Crippen molar-refractivity contribution in [3.63, 3.8) is 0 Å². The van der Waals surface area contributed by atoms with Gasteiger partial charge in [0.2, 0.25) is 0 Å². The molecule has 1 unspecified atom stereocenters. The Labute approximate surface area is 204 Å². The second-order valence-electron chi connectivity index (χ2n) is 8.03. The first-order valence-corrected chi connectivity index (χ1v) is 10.6. The van der Waals surface area contributed by atoms with Crippen molar-refractivity contribution in [2.75, 3.05) is 19.6 Å². The molecule has 2 aromatic rings. The Kier molecular flexibility index (Phi) is 9.38. The molecule has 1 aliphatic heterocycles. The highest BCUT2D eigenvalue weighted by molar-refractivity contribution is 14.0. The number of rotatable bonds is 6. The molecule has 0 bridgehead atoms. The molecular weight excluding hydrogens is 532 g/mol. The van der Waals surface area contributed by atoms with Crippen molar-refractivity contribution in [2.45, 2.75) is 52.5 Å². The van der Waals surface area contributed by atoms with Gasteiger partial charge < -0.3 is 10.6 Å². The minimum Gasteiger partial charge on any atom is -0.357 e. The Morgan fingerprint density at radius 2 is 1.91 bits per heavy atom. The average Bonchev–Trinajstić information content (AvgIpc) is 3.23. The lowest BCUT2D eigenvalue weighted by atomic mass is 10.1. The molecule has 1 atom stereocenters. The number of benzene rings is 1. The van der Waals surface area contributed by atoms with E-state index >= 15 is 0 Å². The number of aryl methyl sites for hydroxylation is 2. The highest BCUT2D eigenvalue weighted by atomic mass is 127. The number of aliphatic imine (C=N–C) groups is 1. The highest BCUT2D eigenvalue weighted by Gasteiger charge is 2.30. The van der Waals surface area contributed by atoms with E-state index in [2.05, 4.69) is 20.6 Å². The van der Waals surface area contributed by atoms with E-state index < -0.39 is 11.7 Å². The highest BCUT2D eigenvalue weighted by Crippen LogP contribution is 2.29. The molecule has 2 N–H and O–H groups in total. The monoisotopic (exact) mass is 564 g/mol. The molecule has 0 radical (unpaired) electrons. The molecule has 0 saturated carbocycles. The van der Waals surface area contributed by atoms with Crippen LogP contribution in [0.15, 0.2) is 29.3 Å². The van der Waals surface area contributed by atoms with Gasteiger partial charge in [0.1, 0.15) is 0 Å². The first kappa shape index (κ1) is 26.4. The van der Waals surface area contributed by atoms with Crippen LogP contribution < -0.4 is 10.6 Å². The summed E-state index contributed by atoms with van der Waals surface area (Å²) in [6.45, 7) is 9.73. The van der Waals surface area contributed by atoms with E-state index in [1.807, 2.05) is 32.5 Å². The van der Waals surface area contributed by atoms with Crippen LogP contribution in [0, 0.1) is 13.8 Å². The van der Waals surface area contributed by atoms with Crippen LogP contribution in [0.2, 0.25) is 0 Å². The lowest BCUT2D eigenvalue weighted by molar-refractivity contribution is -0.137. The number of nitrogens with one attached hydrogen (secondary N) is 2. The number of guanidine groups is 1. The summed E-state index contributed by atoms with van der Waals surface area (Å²) in [5.74, 6) is 0.770. The zero-order valence-electron chi connectivity index (χ0n) is 19.0. The molecule has 6 nitrogen and oxygen atoms in total. The van der Waals surface area contributed by atoms with E-state index in [0.717, 1.165) is 66.7 Å². The summed E-state index contributed by atoms with van der Waals surface area (Å²) in [6.07, 6.45) is -3.34. The van der Waals surface area contributed by atoms with Crippen LogP contribution in [0.5, 0.6) is 0 Å². The van der Waals surface area contributed by atoms with Crippen molar-refractivity contribution in [1.29, 1.82) is 0 Å². The quantitative estimate of drug-likeness (QED) is 0.317. The van der Waals surface area contributed by atoms with Crippen LogP contribution in [0.25, 0.3) is 0 Å². The first-order valence-electron chi connectivity index (χ1n) is 10.6. The zero-order chi connectivity index (χ0) is 22.6. The molecule has 0 amide bonds. The maximum absolute atomic E-state index is 12.7. The standard InChI is InChI=1S/C22H31F3N6.HI/c1-5-26-21(27-12-20-15(2)29-30(4)16(20)3)28-19-10-11-31(14-19)13-17-6-8-18(9-7-17)22(23,24)25;/h6-9,19H,5,10-14H2,1-4H3,(H2,26,27,28);1H. The maximum atomic E-state index is 12.7. The van der Waals surface area contributed by atoms with Crippen molar-refractivity contribution in [3.8, 4) is 0 Å². The van der Waals surface area contributed by atoms with Gasteiger partial charge in [-0.15, -0.1) is 24.0 Å². The average molecular weight is 564 g/mol. The second kappa shape index (κ2) is 11.4. The summed E-state index contributed by atoms with van der Waals surface area (Å²) >= 11 is 0. The van der Waals surface area contributed by atoms with Gasteiger partial charge in [-0.05, 0) is 44.9 Å². The van der Waals surface area contributed by atoms with E-state index in [-0.39, 0.29) is 30.0 Å². The van der Waals surface area contributed by atoms with Gasteiger partial charge in [-0.1, -0.05) is 12.1 Å². The second-order valence-corrected chi connectivity index (χ2v) is 8.03. The summed E-state index contributed by atoms with van der Waals surface area (Å²) < 4.78 is 40.1. The fraction of sp³-hybridized carbons (Fsp3) is 0.545. The number of likely N-dealkylation sites (tertiary alicyclic amines) is 1. The Morgan fingerprint density at radius 3 is 2.47 bits per heavy atom. The lowest BCUT2D eigenvalue weighted by Crippen LogP contribution is -2.44. The molecule has 1 aromatic heterocycles. The van der Waals surface area contributed by atoms with Gasteiger partial charge in [0.25, 0.3) is 0 Å². The van der Waals surface area contributed by atoms with Crippen molar-refractivity contribution in [2.24, 2.45) is 12.0 Å². The summed E-state index contributed by atoms with van der Waals surface area (Å²) in [5, 5.41) is 11.2. The predicted molar refractivity (Wildman–Crippen MR) is 131 cm³/mol. The third kappa shape index (κ3) is 6.84. The SMILES string of the molecule is CCNC(=NCc1c(C)nn(C)c1C)NC1CCN(Cc2ccc(C(F)(F)F)cc2)C1.I. The van der Waals surface area contributed by atoms with E-state index in [4.69, 9.17) is 4.99 Å². The third-order valence-electron chi connectivity index (χ3n) is 5.70. The fourth-order valence-corrected chi connectivity index (χ4v) is 3.87. The molecule has 1 aromatic carbocycles. The van der Waals surface area contributed by atoms with Crippen LogP contribution in [0.1, 0.15) is 41.4 Å². The van der Waals surface area contributed by atoms with Gasteiger partial charge in [0.15, 0.2) is 5.96 Å². The minimum absolute atomic E-state index is 0. The number of hydrogen-bond acceptors (Lipinski definition) is 3. The van der Waals surface area contributed by atoms with Gasteiger partial charge in [-0.3, -0.25) is 9.58 Å². The number of halogens is 4. The van der Waals surface area contributed by atoms with Crippen molar-refractivity contribution < 1.29 is 13.2 Å². The van der Waals surface area contributed by atoms with Gasteiger partial charge in [-0.25, -0.2) is 4.99 Å². The van der Waals surface area contributed by atoms with E-state index in [1.54, 1.807) is 12.1 Å². The Morgan fingerprint density at radius 1 is 1.22 bits per heavy atom. The number of hydrogen-bond donors (Lipinski definition) is 2. The van der Waals surface area contributed by atoms with E-state index in [9.17, 15) is 13.2 Å². The molecule has 1 aliphatic rings. The van der Waals surface area contributed by atoms with Crippen molar-refractivity contribution >= 4 is 29.9 Å². The largest absolute Gasteiger partial charge is 0.416 e. The van der Waals surface area contributed by atoms with Crippen LogP contribution in [-0.2, 0) is 26.3 Å². The molecule has 2 heterocycles. The zero-order valence-corrected chi connectivity index (χ0v) is 21.3. The minimum atomic E-state index is -4.30. The molecule has 1 fully saturated rings. The normalized spacial score (nSPS) is 17.3. The van der Waals surface area contributed by atoms with E-state index in [1.165, 1.54) is 0 Å². The molecule has 0 aliphatic carbocycles. The number of nitrogens with zero attached hydrogens (tertiary/aromatic N) is 4. The third-order valence-corrected chi connectivity index (χ3v) is 5.70. The maximum Gasteiger partial charge on any atom is 0.416 e. The summed E-state index contributed by atoms with van der Waals surface area (Å²) in [5.41, 5.74) is 3.51. The Hall–Kier alpha value is -1.82. The number of alkyl halides is 3. The topological polar surface area (TPSA) is 57.5 Å². The van der Waals surface area contributed by atoms with Gasteiger partial charge in [-0.2, -0.15) is 18.3 Å². The smallest absolute Gasteiger partial charge is 0.357 e. The van der Waals surface area contributed by atoms with Gasteiger partial charge in [0, 0.05) is 50.5 Å². The van der Waals surface area contributed by atoms with Crippen molar-refractivity contribution in [3.05, 3.63) is 52.3 Å². The Balaban J connectivity index is 0.00000363. The first-order chi connectivity index (χ1) is 14.7. The van der Waals surface area contributed by atoms with Crippen LogP contribution in [0.3, 0.4) is 0 Å². The molecule has 0 spiro atoms. The molecule has 178 valence electrons. The molecule has 1 saturated heterocycles. The fourth-order valence-electron chi connectivity index (χ4n) is 3.87. The van der Waals surface area contributed by atoms with Crippen LogP contribution >= 0.6 is 24.0 Å². The van der Waals surface area contributed by atoms with Gasteiger partial charge >= 0.3 is 6.18 Å². The van der Waals surface area contributed by atoms with E-state index in [0.29, 0.717) is 13.1 Å². The molecular formula is C22H32F3IN6. The molecule has 32 heavy (non-hydrogen) atoms. The van der Waals surface area contributed by atoms with Gasteiger partial charge in [0.05, 0.1) is 17.8 Å². The Bertz CT molecular complexity index is 908. The summed E-state index contributed by atoms with van der Waals surface area (Å²) in [6, 6.07) is 5.67. The number of aromatic nitrogens is 2. The van der Waals surface area contributed by atoms with Crippen LogP contribution in [0.4, 0.5) is 13.2 Å². The predicted octanol–water partition coefficient (Wildman–Crippen LogP) is 4.00. The molecule has 3 rings (SSSR count).